The Morgan fingerprint density at radius 2 is 2.10 bits per heavy atom. The number of piperidine rings is 1. The highest BCUT2D eigenvalue weighted by Gasteiger charge is 2.51. The highest BCUT2D eigenvalue weighted by molar-refractivity contribution is 5.95. The molecule has 1 spiro atoms. The molecule has 1 N–H and O–H groups in total. The summed E-state index contributed by atoms with van der Waals surface area (Å²) in [6.45, 7) is 2.58. The van der Waals surface area contributed by atoms with Crippen LogP contribution in [0.3, 0.4) is 0 Å². The summed E-state index contributed by atoms with van der Waals surface area (Å²) in [7, 11) is 0. The Morgan fingerprint density at radius 1 is 1.23 bits per heavy atom. The van der Waals surface area contributed by atoms with E-state index >= 15 is 0 Å². The number of nitrogens with one attached hydrogen (secondary N) is 1. The highest BCUT2D eigenvalue weighted by atomic mass is 19.1. The third-order valence-corrected chi connectivity index (χ3v) is 6.61. The molecule has 3 heterocycles. The molecule has 156 valence electrons. The van der Waals surface area contributed by atoms with Gasteiger partial charge in [-0.3, -0.25) is 9.59 Å². The zero-order chi connectivity index (χ0) is 20.9. The van der Waals surface area contributed by atoms with Gasteiger partial charge in [0.1, 0.15) is 17.7 Å². The van der Waals surface area contributed by atoms with Gasteiger partial charge in [-0.05, 0) is 67.6 Å². The second kappa shape index (κ2) is 7.11. The molecule has 0 radical (unpaired) electrons. The van der Waals surface area contributed by atoms with Gasteiger partial charge in [0.2, 0.25) is 5.91 Å². The Kier molecular flexibility index (Phi) is 4.53. The van der Waals surface area contributed by atoms with Crippen LogP contribution in [0.2, 0.25) is 0 Å². The molecule has 2 amide bonds. The van der Waals surface area contributed by atoms with Gasteiger partial charge in [0.05, 0.1) is 11.6 Å². The van der Waals surface area contributed by atoms with Crippen LogP contribution < -0.4 is 10.1 Å². The summed E-state index contributed by atoms with van der Waals surface area (Å²) < 4.78 is 19.9. The van der Waals surface area contributed by atoms with Crippen molar-refractivity contribution in [3.8, 4) is 5.75 Å². The van der Waals surface area contributed by atoms with E-state index in [1.165, 1.54) is 12.1 Å². The lowest BCUT2D eigenvalue weighted by molar-refractivity contribution is -0.120. The molecule has 2 fully saturated rings. The summed E-state index contributed by atoms with van der Waals surface area (Å²) in [5.74, 6) is 0.397. The minimum absolute atomic E-state index is 0.00521. The van der Waals surface area contributed by atoms with Gasteiger partial charge in [-0.15, -0.1) is 0 Å². The van der Waals surface area contributed by atoms with E-state index in [4.69, 9.17) is 4.74 Å². The van der Waals surface area contributed by atoms with E-state index in [1.807, 2.05) is 30.0 Å². The number of hydrogen-bond acceptors (Lipinski definition) is 3. The van der Waals surface area contributed by atoms with Crippen LogP contribution in [0.1, 0.15) is 60.1 Å². The first kappa shape index (κ1) is 19.1. The fraction of sp³-hybridized carbons (Fsp3) is 0.417. The van der Waals surface area contributed by atoms with E-state index in [-0.39, 0.29) is 23.7 Å². The largest absolute Gasteiger partial charge is 0.490 e. The molecule has 3 atom stereocenters. The molecule has 2 aromatic carbocycles. The van der Waals surface area contributed by atoms with Crippen molar-refractivity contribution in [3.05, 3.63) is 65.0 Å². The monoisotopic (exact) mass is 408 g/mol. The van der Waals surface area contributed by atoms with Crippen molar-refractivity contribution in [1.82, 2.24) is 10.2 Å². The molecule has 0 aliphatic carbocycles. The summed E-state index contributed by atoms with van der Waals surface area (Å²) in [6, 6.07) is 11.6. The number of carbonyl (C=O) groups excluding carboxylic acids is 2. The summed E-state index contributed by atoms with van der Waals surface area (Å²) in [5.41, 5.74) is 1.82. The van der Waals surface area contributed by atoms with E-state index in [1.54, 1.807) is 12.1 Å². The van der Waals surface area contributed by atoms with Crippen LogP contribution in [-0.4, -0.2) is 34.9 Å². The molecule has 3 aliphatic rings. The maximum Gasteiger partial charge on any atom is 0.254 e. The van der Waals surface area contributed by atoms with E-state index in [9.17, 15) is 14.0 Å². The number of nitrogens with zero attached hydrogens (tertiary/aromatic N) is 1. The van der Waals surface area contributed by atoms with Gasteiger partial charge in [0.15, 0.2) is 0 Å². The Labute approximate surface area is 175 Å². The minimum atomic E-state index is -0.548. The zero-order valence-electron chi connectivity index (χ0n) is 17.0. The Bertz CT molecular complexity index is 1020. The van der Waals surface area contributed by atoms with Crippen LogP contribution in [0, 0.1) is 5.82 Å². The molecule has 30 heavy (non-hydrogen) atoms. The Balaban J connectivity index is 1.55. The molecule has 2 aromatic rings. The second-order valence-corrected chi connectivity index (χ2v) is 8.72. The molecule has 0 unspecified atom stereocenters. The molecule has 5 nitrogen and oxygen atoms in total. The maximum absolute atomic E-state index is 14.1. The van der Waals surface area contributed by atoms with Gasteiger partial charge in [0.25, 0.3) is 5.91 Å². The number of rotatable bonds is 2. The lowest BCUT2D eigenvalue weighted by Gasteiger charge is -2.48. The normalized spacial score (nSPS) is 27.7. The highest BCUT2D eigenvalue weighted by Crippen LogP contribution is 2.45. The molecule has 6 heteroatoms. The number of carbonyl (C=O) groups is 2. The number of halogens is 1. The van der Waals surface area contributed by atoms with E-state index < -0.39 is 11.6 Å². The van der Waals surface area contributed by atoms with Crippen molar-refractivity contribution in [2.75, 3.05) is 6.54 Å². The van der Waals surface area contributed by atoms with Gasteiger partial charge in [-0.25, -0.2) is 4.39 Å². The lowest BCUT2D eigenvalue weighted by atomic mass is 9.76. The quantitative estimate of drug-likeness (QED) is 0.823. The minimum Gasteiger partial charge on any atom is -0.490 e. The van der Waals surface area contributed by atoms with Gasteiger partial charge < -0.3 is 15.0 Å². The fourth-order valence-electron chi connectivity index (χ4n) is 5.38. The number of ether oxygens (including phenoxy) is 1. The second-order valence-electron chi connectivity index (χ2n) is 8.72. The van der Waals surface area contributed by atoms with Crippen molar-refractivity contribution in [1.29, 1.82) is 0 Å². The Morgan fingerprint density at radius 3 is 2.87 bits per heavy atom. The summed E-state index contributed by atoms with van der Waals surface area (Å²) in [5, 5.41) is 3.15. The summed E-state index contributed by atoms with van der Waals surface area (Å²) in [4.78, 5) is 27.6. The van der Waals surface area contributed by atoms with Crippen LogP contribution in [0.4, 0.5) is 4.39 Å². The molecular formula is C24H25FN2O3. The number of likely N-dealkylation sites (tertiary alicyclic amines) is 1. The van der Waals surface area contributed by atoms with Crippen LogP contribution >= 0.6 is 0 Å². The van der Waals surface area contributed by atoms with E-state index in [2.05, 4.69) is 5.32 Å². The van der Waals surface area contributed by atoms with Crippen molar-refractivity contribution in [3.63, 3.8) is 0 Å². The van der Waals surface area contributed by atoms with Gasteiger partial charge in [-0.1, -0.05) is 12.1 Å². The predicted octanol–water partition coefficient (Wildman–Crippen LogP) is 3.78. The standard InChI is InChI=1S/C24H25FN2O3/c1-15-12-18-13-17(6-7-20(18)30-15)23(29)27-11-3-9-24(10-8-21(28)26-24)22(27)16-4-2-5-19(25)14-16/h2,4-7,13-15,22H,3,8-12H2,1H3,(H,26,28)/t15-,22+,24-/m0/s1. The van der Waals surface area contributed by atoms with E-state index in [0.29, 0.717) is 24.9 Å². The van der Waals surface area contributed by atoms with Crippen LogP contribution in [0.5, 0.6) is 5.75 Å². The number of benzene rings is 2. The third kappa shape index (κ3) is 3.15. The number of amides is 2. The molecule has 2 saturated heterocycles. The van der Waals surface area contributed by atoms with Crippen molar-refractivity contribution >= 4 is 11.8 Å². The first-order valence-corrected chi connectivity index (χ1v) is 10.6. The van der Waals surface area contributed by atoms with Crippen LogP contribution in [0.25, 0.3) is 0 Å². The third-order valence-electron chi connectivity index (χ3n) is 6.61. The summed E-state index contributed by atoms with van der Waals surface area (Å²) in [6.07, 6.45) is 3.54. The molecule has 5 rings (SSSR count). The molecule has 0 bridgehead atoms. The van der Waals surface area contributed by atoms with Gasteiger partial charge >= 0.3 is 0 Å². The first-order valence-electron chi connectivity index (χ1n) is 10.6. The van der Waals surface area contributed by atoms with Gasteiger partial charge in [0, 0.05) is 24.9 Å². The van der Waals surface area contributed by atoms with Crippen LogP contribution in [-0.2, 0) is 11.2 Å². The number of fused-ring (bicyclic) bond motifs is 1. The Hall–Kier alpha value is -2.89. The maximum atomic E-state index is 14.1. The summed E-state index contributed by atoms with van der Waals surface area (Å²) >= 11 is 0. The molecular weight excluding hydrogens is 383 g/mol. The molecule has 0 aromatic heterocycles. The van der Waals surface area contributed by atoms with Crippen molar-refractivity contribution < 1.29 is 18.7 Å². The smallest absolute Gasteiger partial charge is 0.254 e. The average molecular weight is 408 g/mol. The lowest BCUT2D eigenvalue weighted by Crippen LogP contribution is -2.58. The number of hydrogen-bond donors (Lipinski definition) is 1. The van der Waals surface area contributed by atoms with Crippen molar-refractivity contribution in [2.45, 2.75) is 56.7 Å². The first-order chi connectivity index (χ1) is 14.4. The SMILES string of the molecule is C[C@H]1Cc2cc(C(=O)N3CCC[C@]4(CCC(=O)N4)[C@H]3c3cccc(F)c3)ccc2O1. The average Bonchev–Trinajstić information content (AvgIpc) is 3.28. The van der Waals surface area contributed by atoms with Crippen molar-refractivity contribution in [2.24, 2.45) is 0 Å². The van der Waals surface area contributed by atoms with E-state index in [0.717, 1.165) is 36.1 Å². The molecule has 3 aliphatic heterocycles. The molecule has 0 saturated carbocycles. The van der Waals surface area contributed by atoms with Crippen LogP contribution in [0.15, 0.2) is 42.5 Å². The fourth-order valence-corrected chi connectivity index (χ4v) is 5.38. The van der Waals surface area contributed by atoms with Gasteiger partial charge in [-0.2, -0.15) is 0 Å². The predicted molar refractivity (Wildman–Crippen MR) is 110 cm³/mol. The topological polar surface area (TPSA) is 58.6 Å². The zero-order valence-corrected chi connectivity index (χ0v) is 17.0.